The Morgan fingerprint density at radius 3 is 2.79 bits per heavy atom. The molecule has 0 saturated heterocycles. The maximum absolute atomic E-state index is 11.1. The molecule has 0 aliphatic carbocycles. The summed E-state index contributed by atoms with van der Waals surface area (Å²) in [7, 11) is 1.36. The van der Waals surface area contributed by atoms with Gasteiger partial charge in [0.25, 0.3) is 0 Å². The first-order chi connectivity index (χ1) is 9.19. The van der Waals surface area contributed by atoms with E-state index in [0.717, 1.165) is 12.2 Å². The Hall–Kier alpha value is -2.36. The van der Waals surface area contributed by atoms with Gasteiger partial charge in [0, 0.05) is 12.6 Å². The first kappa shape index (κ1) is 13.1. The minimum atomic E-state index is -0.372. The largest absolute Gasteiger partial charge is 0.466 e. The fourth-order valence-corrected chi connectivity index (χ4v) is 1.71. The van der Waals surface area contributed by atoms with Gasteiger partial charge in [-0.05, 0) is 18.6 Å². The molecule has 2 rings (SSSR count). The standard InChI is InChI=1S/C15H16N2O2/c1-12-3-5-13(6-4-12)10-17-11-16-9-14(17)7-8-15(18)19-2/h3-9,11H,10H2,1-2H3/b8-7+. The van der Waals surface area contributed by atoms with Crippen molar-refractivity contribution in [2.45, 2.75) is 13.5 Å². The van der Waals surface area contributed by atoms with Gasteiger partial charge in [-0.3, -0.25) is 0 Å². The van der Waals surface area contributed by atoms with E-state index < -0.39 is 0 Å². The van der Waals surface area contributed by atoms with E-state index in [1.54, 1.807) is 18.6 Å². The topological polar surface area (TPSA) is 44.1 Å². The summed E-state index contributed by atoms with van der Waals surface area (Å²) in [6.07, 6.45) is 6.56. The maximum Gasteiger partial charge on any atom is 0.330 e. The molecular formula is C15H16N2O2. The second-order valence-corrected chi connectivity index (χ2v) is 4.29. The molecule has 0 aliphatic rings. The third kappa shape index (κ3) is 3.55. The van der Waals surface area contributed by atoms with Gasteiger partial charge in [0.2, 0.25) is 0 Å². The Bertz CT molecular complexity index is 582. The number of methoxy groups -OCH3 is 1. The predicted octanol–water partition coefficient (Wildman–Crippen LogP) is 2.43. The number of carbonyl (C=O) groups is 1. The van der Waals surface area contributed by atoms with Crippen molar-refractivity contribution in [1.82, 2.24) is 9.55 Å². The van der Waals surface area contributed by atoms with E-state index >= 15 is 0 Å². The third-order valence-electron chi connectivity index (χ3n) is 2.81. The van der Waals surface area contributed by atoms with Crippen molar-refractivity contribution in [3.63, 3.8) is 0 Å². The molecule has 0 aliphatic heterocycles. The Morgan fingerprint density at radius 2 is 2.11 bits per heavy atom. The summed E-state index contributed by atoms with van der Waals surface area (Å²) in [6.45, 7) is 2.78. The van der Waals surface area contributed by atoms with Crippen LogP contribution in [0.5, 0.6) is 0 Å². The van der Waals surface area contributed by atoms with Gasteiger partial charge in [0.15, 0.2) is 0 Å². The van der Waals surface area contributed by atoms with Crippen molar-refractivity contribution in [2.75, 3.05) is 7.11 Å². The quantitative estimate of drug-likeness (QED) is 0.623. The average molecular weight is 256 g/mol. The highest BCUT2D eigenvalue weighted by Crippen LogP contribution is 2.09. The molecule has 1 heterocycles. The number of hydrogen-bond donors (Lipinski definition) is 0. The molecule has 0 bridgehead atoms. The molecular weight excluding hydrogens is 240 g/mol. The fraction of sp³-hybridized carbons (Fsp3) is 0.200. The molecule has 19 heavy (non-hydrogen) atoms. The lowest BCUT2D eigenvalue weighted by molar-refractivity contribution is -0.134. The van der Waals surface area contributed by atoms with E-state index in [4.69, 9.17) is 0 Å². The van der Waals surface area contributed by atoms with Crippen LogP contribution in [0.1, 0.15) is 16.8 Å². The van der Waals surface area contributed by atoms with Crippen molar-refractivity contribution in [1.29, 1.82) is 0 Å². The number of imidazole rings is 1. The fourth-order valence-electron chi connectivity index (χ4n) is 1.71. The van der Waals surface area contributed by atoms with E-state index in [2.05, 4.69) is 40.9 Å². The molecule has 0 unspecified atom stereocenters. The molecule has 0 spiro atoms. The number of esters is 1. The summed E-state index contributed by atoms with van der Waals surface area (Å²) in [4.78, 5) is 15.2. The number of benzene rings is 1. The zero-order valence-electron chi connectivity index (χ0n) is 11.0. The smallest absolute Gasteiger partial charge is 0.330 e. The molecule has 0 radical (unpaired) electrons. The van der Waals surface area contributed by atoms with Crippen molar-refractivity contribution in [2.24, 2.45) is 0 Å². The molecule has 1 aromatic heterocycles. The van der Waals surface area contributed by atoms with Crippen LogP contribution in [0.2, 0.25) is 0 Å². The molecule has 4 heteroatoms. The number of ether oxygens (including phenoxy) is 1. The summed E-state index contributed by atoms with van der Waals surface area (Å²) in [5, 5.41) is 0. The molecule has 1 aromatic carbocycles. The molecule has 0 amide bonds. The van der Waals surface area contributed by atoms with Crippen LogP contribution in [0.3, 0.4) is 0 Å². The zero-order valence-corrected chi connectivity index (χ0v) is 11.0. The van der Waals surface area contributed by atoms with Gasteiger partial charge in [-0.1, -0.05) is 29.8 Å². The average Bonchev–Trinajstić information content (AvgIpc) is 2.86. The van der Waals surface area contributed by atoms with Crippen molar-refractivity contribution < 1.29 is 9.53 Å². The Labute approximate surface area is 112 Å². The van der Waals surface area contributed by atoms with Crippen LogP contribution in [-0.4, -0.2) is 22.6 Å². The maximum atomic E-state index is 11.1. The van der Waals surface area contributed by atoms with Gasteiger partial charge in [0.1, 0.15) is 0 Å². The SMILES string of the molecule is COC(=O)/C=C/c1cncn1Cc1ccc(C)cc1. The van der Waals surface area contributed by atoms with E-state index in [9.17, 15) is 4.79 Å². The summed E-state index contributed by atoms with van der Waals surface area (Å²) >= 11 is 0. The highest BCUT2D eigenvalue weighted by atomic mass is 16.5. The van der Waals surface area contributed by atoms with Crippen molar-refractivity contribution >= 4 is 12.0 Å². The summed E-state index contributed by atoms with van der Waals surface area (Å²) in [6, 6.07) is 8.33. The molecule has 0 fully saturated rings. The first-order valence-corrected chi connectivity index (χ1v) is 6.01. The Balaban J connectivity index is 2.13. The van der Waals surface area contributed by atoms with E-state index in [1.807, 2.05) is 4.57 Å². The summed E-state index contributed by atoms with van der Waals surface area (Å²) < 4.78 is 6.54. The number of rotatable bonds is 4. The lowest BCUT2D eigenvalue weighted by Crippen LogP contribution is -2.01. The molecule has 0 N–H and O–H groups in total. The first-order valence-electron chi connectivity index (χ1n) is 6.01. The second kappa shape index (κ2) is 6.00. The van der Waals surface area contributed by atoms with Gasteiger partial charge >= 0.3 is 5.97 Å². The normalized spacial score (nSPS) is 10.8. The number of hydrogen-bond acceptors (Lipinski definition) is 3. The van der Waals surface area contributed by atoms with Crippen LogP contribution < -0.4 is 0 Å². The number of aromatic nitrogens is 2. The Kier molecular flexibility index (Phi) is 4.13. The van der Waals surface area contributed by atoms with Gasteiger partial charge in [-0.2, -0.15) is 0 Å². The van der Waals surface area contributed by atoms with Gasteiger partial charge in [-0.25, -0.2) is 9.78 Å². The van der Waals surface area contributed by atoms with Gasteiger partial charge in [0.05, 0.1) is 25.3 Å². The number of carbonyl (C=O) groups excluding carboxylic acids is 1. The van der Waals surface area contributed by atoms with Gasteiger partial charge < -0.3 is 9.30 Å². The van der Waals surface area contributed by atoms with Crippen LogP contribution in [-0.2, 0) is 16.1 Å². The van der Waals surface area contributed by atoms with Crippen LogP contribution in [0, 0.1) is 6.92 Å². The highest BCUT2D eigenvalue weighted by Gasteiger charge is 2.01. The lowest BCUT2D eigenvalue weighted by atomic mass is 10.1. The molecule has 0 saturated carbocycles. The predicted molar refractivity (Wildman–Crippen MR) is 73.6 cm³/mol. The monoisotopic (exact) mass is 256 g/mol. The van der Waals surface area contributed by atoms with E-state index in [-0.39, 0.29) is 5.97 Å². The van der Waals surface area contributed by atoms with Crippen LogP contribution in [0.25, 0.3) is 6.08 Å². The highest BCUT2D eigenvalue weighted by molar-refractivity contribution is 5.86. The minimum Gasteiger partial charge on any atom is -0.466 e. The van der Waals surface area contributed by atoms with Crippen LogP contribution in [0.15, 0.2) is 42.9 Å². The molecule has 2 aromatic rings. The van der Waals surface area contributed by atoms with Crippen LogP contribution in [0.4, 0.5) is 0 Å². The minimum absolute atomic E-state index is 0.372. The molecule has 0 atom stereocenters. The summed E-state index contributed by atoms with van der Waals surface area (Å²) in [5.74, 6) is -0.372. The molecule has 4 nitrogen and oxygen atoms in total. The Morgan fingerprint density at radius 1 is 1.37 bits per heavy atom. The summed E-state index contributed by atoms with van der Waals surface area (Å²) in [5.41, 5.74) is 3.29. The second-order valence-electron chi connectivity index (χ2n) is 4.29. The molecule has 98 valence electrons. The van der Waals surface area contributed by atoms with Gasteiger partial charge in [-0.15, -0.1) is 0 Å². The zero-order chi connectivity index (χ0) is 13.7. The van der Waals surface area contributed by atoms with Crippen LogP contribution >= 0.6 is 0 Å². The van der Waals surface area contributed by atoms with Crippen molar-refractivity contribution in [3.8, 4) is 0 Å². The number of nitrogens with zero attached hydrogens (tertiary/aromatic N) is 2. The third-order valence-corrected chi connectivity index (χ3v) is 2.81. The van der Waals surface area contributed by atoms with Crippen molar-refractivity contribution in [3.05, 3.63) is 59.7 Å². The van der Waals surface area contributed by atoms with E-state index in [0.29, 0.717) is 0 Å². The van der Waals surface area contributed by atoms with E-state index in [1.165, 1.54) is 24.3 Å². The number of aryl methyl sites for hydroxylation is 1. The lowest BCUT2D eigenvalue weighted by Gasteiger charge is -2.05.